The van der Waals surface area contributed by atoms with Crippen LogP contribution in [-0.2, 0) is 0 Å². The van der Waals surface area contributed by atoms with E-state index in [2.05, 4.69) is 37.9 Å². The fraction of sp³-hybridized carbons (Fsp3) is 1.00. The standard InChI is InChI=1S/C16H32N2/c1-12(2)8-17-16-7-15(13(3)4)10-18(11-16)9-14-5-6-14/h12-17H,5-11H2,1-4H3. The summed E-state index contributed by atoms with van der Waals surface area (Å²) in [6.07, 6.45) is 4.34. The largest absolute Gasteiger partial charge is 0.312 e. The van der Waals surface area contributed by atoms with E-state index in [1.807, 2.05) is 0 Å². The second-order valence-corrected chi connectivity index (χ2v) is 7.40. The molecule has 2 heteroatoms. The van der Waals surface area contributed by atoms with Crippen LogP contribution in [0, 0.1) is 23.7 Å². The highest BCUT2D eigenvalue weighted by molar-refractivity contribution is 4.88. The second kappa shape index (κ2) is 6.38. The summed E-state index contributed by atoms with van der Waals surface area (Å²) in [5.41, 5.74) is 0. The molecule has 2 unspecified atom stereocenters. The Morgan fingerprint density at radius 1 is 1.11 bits per heavy atom. The lowest BCUT2D eigenvalue weighted by molar-refractivity contribution is 0.110. The summed E-state index contributed by atoms with van der Waals surface area (Å²) < 4.78 is 0. The van der Waals surface area contributed by atoms with E-state index in [-0.39, 0.29) is 0 Å². The van der Waals surface area contributed by atoms with Gasteiger partial charge in [-0.15, -0.1) is 0 Å². The van der Waals surface area contributed by atoms with Crippen molar-refractivity contribution in [2.75, 3.05) is 26.2 Å². The van der Waals surface area contributed by atoms with Crippen LogP contribution in [-0.4, -0.2) is 37.1 Å². The maximum atomic E-state index is 3.79. The zero-order chi connectivity index (χ0) is 13.1. The number of nitrogens with zero attached hydrogens (tertiary/aromatic N) is 1. The molecule has 0 bridgehead atoms. The molecule has 0 aromatic heterocycles. The topological polar surface area (TPSA) is 15.3 Å². The number of nitrogens with one attached hydrogen (secondary N) is 1. The quantitative estimate of drug-likeness (QED) is 0.782. The van der Waals surface area contributed by atoms with Crippen LogP contribution in [0.4, 0.5) is 0 Å². The molecule has 106 valence electrons. The normalized spacial score (nSPS) is 30.3. The summed E-state index contributed by atoms with van der Waals surface area (Å²) >= 11 is 0. The Labute approximate surface area is 114 Å². The predicted molar refractivity (Wildman–Crippen MR) is 78.7 cm³/mol. The van der Waals surface area contributed by atoms with Gasteiger partial charge in [-0.2, -0.15) is 0 Å². The van der Waals surface area contributed by atoms with E-state index in [1.165, 1.54) is 45.4 Å². The van der Waals surface area contributed by atoms with Crippen molar-refractivity contribution in [2.24, 2.45) is 23.7 Å². The summed E-state index contributed by atoms with van der Waals surface area (Å²) in [5.74, 6) is 3.51. The van der Waals surface area contributed by atoms with Gasteiger partial charge in [0.2, 0.25) is 0 Å². The van der Waals surface area contributed by atoms with Crippen LogP contribution >= 0.6 is 0 Å². The van der Waals surface area contributed by atoms with E-state index in [1.54, 1.807) is 0 Å². The molecule has 0 aromatic carbocycles. The molecule has 1 aliphatic carbocycles. The summed E-state index contributed by atoms with van der Waals surface area (Å²) in [6.45, 7) is 14.6. The van der Waals surface area contributed by atoms with Crippen molar-refractivity contribution >= 4 is 0 Å². The van der Waals surface area contributed by atoms with Crippen LogP contribution in [0.25, 0.3) is 0 Å². The van der Waals surface area contributed by atoms with Gasteiger partial charge in [-0.3, -0.25) is 0 Å². The van der Waals surface area contributed by atoms with Crippen molar-refractivity contribution in [3.63, 3.8) is 0 Å². The number of piperidine rings is 1. The summed E-state index contributed by atoms with van der Waals surface area (Å²) in [4.78, 5) is 2.74. The lowest BCUT2D eigenvalue weighted by Gasteiger charge is -2.40. The van der Waals surface area contributed by atoms with Gasteiger partial charge in [-0.1, -0.05) is 27.7 Å². The lowest BCUT2D eigenvalue weighted by Crippen LogP contribution is -2.51. The van der Waals surface area contributed by atoms with E-state index >= 15 is 0 Å². The van der Waals surface area contributed by atoms with Crippen LogP contribution in [0.15, 0.2) is 0 Å². The third-order valence-corrected chi connectivity index (χ3v) is 4.53. The van der Waals surface area contributed by atoms with Crippen molar-refractivity contribution in [3.8, 4) is 0 Å². The highest BCUT2D eigenvalue weighted by Crippen LogP contribution is 2.32. The first kappa shape index (κ1) is 14.3. The van der Waals surface area contributed by atoms with Crippen LogP contribution in [0.3, 0.4) is 0 Å². The van der Waals surface area contributed by atoms with Gasteiger partial charge in [0, 0.05) is 25.7 Å². The Hall–Kier alpha value is -0.0800. The average molecular weight is 252 g/mol. The summed E-state index contributed by atoms with van der Waals surface area (Å²) in [7, 11) is 0. The molecule has 2 aliphatic rings. The zero-order valence-electron chi connectivity index (χ0n) is 12.8. The summed E-state index contributed by atoms with van der Waals surface area (Å²) in [6, 6.07) is 0.729. The molecule has 1 saturated heterocycles. The fourth-order valence-electron chi connectivity index (χ4n) is 3.08. The molecule has 0 amide bonds. The molecule has 0 radical (unpaired) electrons. The van der Waals surface area contributed by atoms with Crippen molar-refractivity contribution in [1.29, 1.82) is 0 Å². The molecular formula is C16H32N2. The Morgan fingerprint density at radius 2 is 1.83 bits per heavy atom. The van der Waals surface area contributed by atoms with Gasteiger partial charge in [0.15, 0.2) is 0 Å². The van der Waals surface area contributed by atoms with Crippen LogP contribution in [0.5, 0.6) is 0 Å². The third-order valence-electron chi connectivity index (χ3n) is 4.53. The molecule has 18 heavy (non-hydrogen) atoms. The van der Waals surface area contributed by atoms with E-state index in [0.29, 0.717) is 0 Å². The summed E-state index contributed by atoms with van der Waals surface area (Å²) in [5, 5.41) is 3.79. The average Bonchev–Trinajstić information content (AvgIpc) is 3.10. The molecule has 2 nitrogen and oxygen atoms in total. The van der Waals surface area contributed by atoms with Crippen molar-refractivity contribution in [2.45, 2.75) is 53.0 Å². The maximum Gasteiger partial charge on any atom is 0.0198 e. The van der Waals surface area contributed by atoms with E-state index in [0.717, 1.165) is 29.7 Å². The van der Waals surface area contributed by atoms with E-state index in [4.69, 9.17) is 0 Å². The van der Waals surface area contributed by atoms with E-state index < -0.39 is 0 Å². The van der Waals surface area contributed by atoms with Gasteiger partial charge in [-0.25, -0.2) is 0 Å². The zero-order valence-corrected chi connectivity index (χ0v) is 12.8. The van der Waals surface area contributed by atoms with Gasteiger partial charge >= 0.3 is 0 Å². The smallest absolute Gasteiger partial charge is 0.0198 e. The Balaban J connectivity index is 1.83. The SMILES string of the molecule is CC(C)CNC1CC(C(C)C)CN(CC2CC2)C1. The van der Waals surface area contributed by atoms with Crippen LogP contribution in [0.1, 0.15) is 47.0 Å². The first-order valence-electron chi connectivity index (χ1n) is 8.00. The van der Waals surface area contributed by atoms with Gasteiger partial charge in [0.25, 0.3) is 0 Å². The first-order chi connectivity index (χ1) is 8.54. The van der Waals surface area contributed by atoms with Gasteiger partial charge in [-0.05, 0) is 49.5 Å². The molecule has 2 fully saturated rings. The Bertz CT molecular complexity index is 245. The molecule has 2 rings (SSSR count). The lowest BCUT2D eigenvalue weighted by atomic mass is 9.85. The number of rotatable bonds is 6. The number of likely N-dealkylation sites (tertiary alicyclic amines) is 1. The van der Waals surface area contributed by atoms with Gasteiger partial charge in [0.1, 0.15) is 0 Å². The van der Waals surface area contributed by atoms with Crippen molar-refractivity contribution in [1.82, 2.24) is 10.2 Å². The first-order valence-corrected chi connectivity index (χ1v) is 8.00. The highest BCUT2D eigenvalue weighted by Gasteiger charge is 2.32. The van der Waals surface area contributed by atoms with Gasteiger partial charge in [0.05, 0.1) is 0 Å². The Morgan fingerprint density at radius 3 is 2.39 bits per heavy atom. The molecule has 1 N–H and O–H groups in total. The van der Waals surface area contributed by atoms with Crippen molar-refractivity contribution < 1.29 is 0 Å². The van der Waals surface area contributed by atoms with Crippen LogP contribution < -0.4 is 5.32 Å². The maximum absolute atomic E-state index is 3.79. The van der Waals surface area contributed by atoms with Crippen LogP contribution in [0.2, 0.25) is 0 Å². The van der Waals surface area contributed by atoms with E-state index in [9.17, 15) is 0 Å². The number of hydrogen-bond acceptors (Lipinski definition) is 2. The molecular weight excluding hydrogens is 220 g/mol. The second-order valence-electron chi connectivity index (χ2n) is 7.40. The minimum atomic E-state index is 0.729. The molecule has 1 heterocycles. The monoisotopic (exact) mass is 252 g/mol. The molecule has 1 saturated carbocycles. The van der Waals surface area contributed by atoms with Gasteiger partial charge < -0.3 is 10.2 Å². The molecule has 0 aromatic rings. The van der Waals surface area contributed by atoms with Crippen molar-refractivity contribution in [3.05, 3.63) is 0 Å². The molecule has 2 atom stereocenters. The molecule has 1 aliphatic heterocycles. The number of hydrogen-bond donors (Lipinski definition) is 1. The Kier molecular flexibility index (Phi) is 5.08. The minimum absolute atomic E-state index is 0.729. The third kappa shape index (κ3) is 4.55. The molecule has 0 spiro atoms. The fourth-order valence-corrected chi connectivity index (χ4v) is 3.08. The highest BCUT2D eigenvalue weighted by atomic mass is 15.2. The minimum Gasteiger partial charge on any atom is -0.312 e. The predicted octanol–water partition coefficient (Wildman–Crippen LogP) is 2.99.